The Hall–Kier alpha value is -1.79. The number of rotatable bonds is 4. The van der Waals surface area contributed by atoms with E-state index >= 15 is 0 Å². The number of hydrogen-bond acceptors (Lipinski definition) is 4. The van der Waals surface area contributed by atoms with Crippen molar-refractivity contribution in [1.29, 1.82) is 0 Å². The van der Waals surface area contributed by atoms with Crippen molar-refractivity contribution < 1.29 is 9.53 Å². The Bertz CT molecular complexity index is 635. The summed E-state index contributed by atoms with van der Waals surface area (Å²) >= 11 is 7.66. The van der Waals surface area contributed by atoms with E-state index in [1.165, 1.54) is 0 Å². The molecule has 5 nitrogen and oxygen atoms in total. The highest BCUT2D eigenvalue weighted by molar-refractivity contribution is 7.09. The summed E-state index contributed by atoms with van der Waals surface area (Å²) in [5, 5.41) is 5.42. The average Bonchev–Trinajstić information content (AvgIpc) is 3.19. The molecule has 3 heterocycles. The molecule has 2 aromatic heterocycles. The van der Waals surface area contributed by atoms with Gasteiger partial charge < -0.3 is 15.0 Å². The third-order valence-corrected chi connectivity index (χ3v) is 4.62. The van der Waals surface area contributed by atoms with E-state index in [1.807, 2.05) is 17.5 Å². The van der Waals surface area contributed by atoms with Crippen LogP contribution >= 0.6 is 22.9 Å². The number of thiophene rings is 1. The molecule has 0 aliphatic carbocycles. The molecule has 0 bridgehead atoms. The number of pyridine rings is 1. The van der Waals surface area contributed by atoms with E-state index in [9.17, 15) is 4.79 Å². The predicted octanol–water partition coefficient (Wildman–Crippen LogP) is 3.16. The van der Waals surface area contributed by atoms with Crippen LogP contribution in [0.3, 0.4) is 0 Å². The van der Waals surface area contributed by atoms with Crippen molar-refractivity contribution in [3.8, 4) is 5.75 Å². The highest BCUT2D eigenvalue weighted by atomic mass is 35.5. The van der Waals surface area contributed by atoms with Crippen LogP contribution < -0.4 is 10.1 Å². The third kappa shape index (κ3) is 3.69. The van der Waals surface area contributed by atoms with Crippen molar-refractivity contribution in [3.05, 3.63) is 45.9 Å². The summed E-state index contributed by atoms with van der Waals surface area (Å²) in [7, 11) is 0. The van der Waals surface area contributed by atoms with Crippen LogP contribution in [0.5, 0.6) is 5.75 Å². The molecule has 1 atom stereocenters. The second-order valence-corrected chi connectivity index (χ2v) is 6.46. The highest BCUT2D eigenvalue weighted by Gasteiger charge is 2.27. The van der Waals surface area contributed by atoms with Crippen molar-refractivity contribution in [2.24, 2.45) is 0 Å². The molecule has 116 valence electrons. The topological polar surface area (TPSA) is 54.5 Å². The van der Waals surface area contributed by atoms with Crippen LogP contribution in [0.15, 0.2) is 36.0 Å². The molecular formula is C15H16ClN3O2S. The van der Waals surface area contributed by atoms with Gasteiger partial charge in [-0.1, -0.05) is 17.7 Å². The van der Waals surface area contributed by atoms with Crippen LogP contribution in [0.4, 0.5) is 4.79 Å². The zero-order chi connectivity index (χ0) is 15.4. The summed E-state index contributed by atoms with van der Waals surface area (Å²) in [4.78, 5) is 19.0. The Morgan fingerprint density at radius 1 is 1.55 bits per heavy atom. The summed E-state index contributed by atoms with van der Waals surface area (Å²) in [6.07, 6.45) is 3.96. The number of urea groups is 1. The fraction of sp³-hybridized carbons (Fsp3) is 0.333. The molecule has 1 aliphatic heterocycles. The molecule has 3 rings (SSSR count). The van der Waals surface area contributed by atoms with E-state index in [4.69, 9.17) is 16.3 Å². The number of halogens is 1. The lowest BCUT2D eigenvalue weighted by molar-refractivity contribution is 0.186. The highest BCUT2D eigenvalue weighted by Crippen LogP contribution is 2.25. The molecule has 2 amide bonds. The first kappa shape index (κ1) is 15.1. The average molecular weight is 338 g/mol. The SMILES string of the molecule is O=C(NCc1cccs1)N1CCC(Oc2ccncc2Cl)C1. The number of carbonyl (C=O) groups is 1. The Kier molecular flexibility index (Phi) is 4.80. The maximum absolute atomic E-state index is 12.1. The Balaban J connectivity index is 1.49. The number of hydrogen-bond donors (Lipinski definition) is 1. The molecule has 0 saturated carbocycles. The standard InChI is InChI=1S/C15H16ClN3O2S/c16-13-9-17-5-3-14(13)21-11-4-6-19(10-11)15(20)18-8-12-2-1-7-22-12/h1-3,5,7,9,11H,4,6,8,10H2,(H,18,20). The van der Waals surface area contributed by atoms with Crippen LogP contribution in [0.1, 0.15) is 11.3 Å². The summed E-state index contributed by atoms with van der Waals surface area (Å²) in [6, 6.07) is 5.67. The summed E-state index contributed by atoms with van der Waals surface area (Å²) in [5.41, 5.74) is 0. The van der Waals surface area contributed by atoms with E-state index in [0.29, 0.717) is 30.4 Å². The van der Waals surface area contributed by atoms with Gasteiger partial charge in [-0.3, -0.25) is 4.98 Å². The quantitative estimate of drug-likeness (QED) is 0.932. The zero-order valence-electron chi connectivity index (χ0n) is 11.9. The van der Waals surface area contributed by atoms with Gasteiger partial charge in [-0.25, -0.2) is 4.79 Å². The van der Waals surface area contributed by atoms with Crippen molar-refractivity contribution >= 4 is 29.0 Å². The number of carbonyl (C=O) groups excluding carboxylic acids is 1. The van der Waals surface area contributed by atoms with E-state index in [0.717, 1.165) is 11.3 Å². The van der Waals surface area contributed by atoms with Crippen molar-refractivity contribution in [2.75, 3.05) is 13.1 Å². The number of amides is 2. The lowest BCUT2D eigenvalue weighted by Crippen LogP contribution is -2.38. The van der Waals surface area contributed by atoms with Crippen LogP contribution in [0.2, 0.25) is 5.02 Å². The van der Waals surface area contributed by atoms with Gasteiger partial charge in [-0.15, -0.1) is 11.3 Å². The molecule has 1 fully saturated rings. The van der Waals surface area contributed by atoms with E-state index in [-0.39, 0.29) is 12.1 Å². The maximum atomic E-state index is 12.1. The molecule has 0 spiro atoms. The Morgan fingerprint density at radius 3 is 3.23 bits per heavy atom. The molecule has 1 unspecified atom stereocenters. The van der Waals surface area contributed by atoms with Gasteiger partial charge in [0.25, 0.3) is 0 Å². The van der Waals surface area contributed by atoms with E-state index in [2.05, 4.69) is 10.3 Å². The van der Waals surface area contributed by atoms with Crippen molar-refractivity contribution in [2.45, 2.75) is 19.1 Å². The number of ether oxygens (including phenoxy) is 1. The second kappa shape index (κ2) is 6.98. The first-order valence-corrected chi connectivity index (χ1v) is 8.29. The molecule has 0 radical (unpaired) electrons. The van der Waals surface area contributed by atoms with Crippen molar-refractivity contribution in [1.82, 2.24) is 15.2 Å². The Morgan fingerprint density at radius 2 is 2.45 bits per heavy atom. The summed E-state index contributed by atoms with van der Waals surface area (Å²) < 4.78 is 5.85. The van der Waals surface area contributed by atoms with Gasteiger partial charge in [0.2, 0.25) is 0 Å². The van der Waals surface area contributed by atoms with E-state index in [1.54, 1.807) is 34.7 Å². The van der Waals surface area contributed by atoms with Crippen LogP contribution in [-0.4, -0.2) is 35.1 Å². The normalized spacial score (nSPS) is 17.5. The van der Waals surface area contributed by atoms with Gasteiger partial charge in [0.15, 0.2) is 0 Å². The summed E-state index contributed by atoms with van der Waals surface area (Å²) in [6.45, 7) is 1.81. The minimum Gasteiger partial charge on any atom is -0.487 e. The van der Waals surface area contributed by atoms with Crippen LogP contribution in [-0.2, 0) is 6.54 Å². The monoisotopic (exact) mass is 337 g/mol. The molecule has 0 aromatic carbocycles. The molecule has 22 heavy (non-hydrogen) atoms. The fourth-order valence-corrected chi connectivity index (χ4v) is 3.14. The molecule has 1 N–H and O–H groups in total. The molecular weight excluding hydrogens is 322 g/mol. The minimum atomic E-state index is -0.0553. The lowest BCUT2D eigenvalue weighted by atomic mass is 10.3. The first-order chi connectivity index (χ1) is 10.7. The largest absolute Gasteiger partial charge is 0.487 e. The molecule has 2 aromatic rings. The first-order valence-electron chi connectivity index (χ1n) is 7.03. The van der Waals surface area contributed by atoms with Gasteiger partial charge in [-0.2, -0.15) is 0 Å². The lowest BCUT2D eigenvalue weighted by Gasteiger charge is -2.18. The van der Waals surface area contributed by atoms with Gasteiger partial charge in [0.05, 0.1) is 13.1 Å². The predicted molar refractivity (Wildman–Crippen MR) is 86.4 cm³/mol. The summed E-state index contributed by atoms with van der Waals surface area (Å²) in [5.74, 6) is 0.613. The molecule has 1 aliphatic rings. The van der Waals surface area contributed by atoms with Gasteiger partial charge in [-0.05, 0) is 11.4 Å². The number of aromatic nitrogens is 1. The van der Waals surface area contributed by atoms with Crippen LogP contribution in [0.25, 0.3) is 0 Å². The number of likely N-dealkylation sites (tertiary alicyclic amines) is 1. The molecule has 7 heteroatoms. The van der Waals surface area contributed by atoms with Gasteiger partial charge in [0.1, 0.15) is 16.9 Å². The minimum absolute atomic E-state index is 0.0348. The second-order valence-electron chi connectivity index (χ2n) is 5.02. The van der Waals surface area contributed by atoms with Crippen LogP contribution in [0, 0.1) is 0 Å². The van der Waals surface area contributed by atoms with Crippen molar-refractivity contribution in [3.63, 3.8) is 0 Å². The van der Waals surface area contributed by atoms with Gasteiger partial charge >= 0.3 is 6.03 Å². The molecule has 1 saturated heterocycles. The maximum Gasteiger partial charge on any atom is 0.317 e. The number of nitrogens with zero attached hydrogens (tertiary/aromatic N) is 2. The number of nitrogens with one attached hydrogen (secondary N) is 1. The third-order valence-electron chi connectivity index (χ3n) is 3.46. The fourth-order valence-electron chi connectivity index (χ4n) is 2.33. The zero-order valence-corrected chi connectivity index (χ0v) is 13.4. The Labute approximate surface area is 137 Å². The smallest absolute Gasteiger partial charge is 0.317 e. The van der Waals surface area contributed by atoms with Gasteiger partial charge in [0, 0.05) is 36.3 Å². The van der Waals surface area contributed by atoms with E-state index < -0.39 is 0 Å².